The van der Waals surface area contributed by atoms with E-state index in [1.54, 1.807) is 23.1 Å². The third-order valence-electron chi connectivity index (χ3n) is 5.60. The second-order valence-electron chi connectivity index (χ2n) is 8.13. The van der Waals surface area contributed by atoms with E-state index in [9.17, 15) is 14.4 Å². The van der Waals surface area contributed by atoms with Gasteiger partial charge >= 0.3 is 0 Å². The molecule has 2 N–H and O–H groups in total. The number of hydrogen-bond donors (Lipinski definition) is 2. The zero-order chi connectivity index (χ0) is 24.1. The third kappa shape index (κ3) is 5.78. The van der Waals surface area contributed by atoms with Crippen LogP contribution in [-0.4, -0.2) is 45.9 Å². The van der Waals surface area contributed by atoms with Gasteiger partial charge in [0.05, 0.1) is 5.92 Å². The number of hydrogen-bond acceptors (Lipinski definition) is 6. The van der Waals surface area contributed by atoms with Gasteiger partial charge in [0.25, 0.3) is 11.8 Å². The van der Waals surface area contributed by atoms with Gasteiger partial charge in [-0.3, -0.25) is 14.4 Å². The van der Waals surface area contributed by atoms with Crippen LogP contribution in [0, 0.1) is 12.8 Å². The lowest BCUT2D eigenvalue weighted by atomic mass is 9.97. The Balaban J connectivity index is 1.34. The number of halogens is 1. The van der Waals surface area contributed by atoms with E-state index in [1.165, 1.54) is 0 Å². The van der Waals surface area contributed by atoms with Crippen molar-refractivity contribution in [3.05, 3.63) is 74.7 Å². The zero-order valence-corrected chi connectivity index (χ0v) is 20.2. The fourth-order valence-corrected chi connectivity index (χ4v) is 4.61. The molecule has 1 aromatic heterocycles. The number of anilines is 1. The molecule has 3 aromatic rings. The van der Waals surface area contributed by atoms with E-state index in [-0.39, 0.29) is 34.3 Å². The number of nitrogens with one attached hydrogen (secondary N) is 2. The summed E-state index contributed by atoms with van der Waals surface area (Å²) in [4.78, 5) is 39.8. The Hall–Kier alpha value is -3.30. The number of piperidine rings is 1. The standard InChI is InChI=1S/C24H24ClN5O3S/c1-15-8-10-18(11-9-15)27-21(32)22-28-29-23(34-22)24(33)30-12-4-6-17(14-30)20(31)26-13-16-5-2-3-7-19(16)25/h2-3,5,7-11,17H,4,6,12-14H2,1H3,(H,26,31)(H,27,32). The molecule has 0 radical (unpaired) electrons. The van der Waals surface area contributed by atoms with Gasteiger partial charge in [0, 0.05) is 30.3 Å². The van der Waals surface area contributed by atoms with E-state index in [2.05, 4.69) is 20.8 Å². The predicted octanol–water partition coefficient (Wildman–Crippen LogP) is 3.92. The summed E-state index contributed by atoms with van der Waals surface area (Å²) < 4.78 is 0. The Kier molecular flexibility index (Phi) is 7.54. The number of carbonyl (C=O) groups excluding carboxylic acids is 3. The summed E-state index contributed by atoms with van der Waals surface area (Å²) in [6.45, 7) is 3.11. The SMILES string of the molecule is Cc1ccc(NC(=O)c2nnc(C(=O)N3CCCC(C(=O)NCc4ccccc4Cl)C3)s2)cc1. The topological polar surface area (TPSA) is 104 Å². The second kappa shape index (κ2) is 10.8. The zero-order valence-electron chi connectivity index (χ0n) is 18.6. The molecule has 10 heteroatoms. The number of amides is 3. The average Bonchev–Trinajstić information content (AvgIpc) is 3.35. The van der Waals surface area contributed by atoms with Crippen molar-refractivity contribution in [3.8, 4) is 0 Å². The summed E-state index contributed by atoms with van der Waals surface area (Å²) in [6.07, 6.45) is 1.40. The molecular formula is C24H24ClN5O3S. The minimum atomic E-state index is -0.420. The van der Waals surface area contributed by atoms with E-state index >= 15 is 0 Å². The van der Waals surface area contributed by atoms with Gasteiger partial charge in [0.2, 0.25) is 15.9 Å². The highest BCUT2D eigenvalue weighted by Gasteiger charge is 2.31. The van der Waals surface area contributed by atoms with Gasteiger partial charge in [-0.15, -0.1) is 10.2 Å². The number of benzene rings is 2. The van der Waals surface area contributed by atoms with Crippen LogP contribution >= 0.6 is 22.9 Å². The summed E-state index contributed by atoms with van der Waals surface area (Å²) in [6, 6.07) is 14.7. The van der Waals surface area contributed by atoms with Gasteiger partial charge in [-0.05, 0) is 43.5 Å². The van der Waals surface area contributed by atoms with E-state index in [0.717, 1.165) is 22.5 Å². The minimum Gasteiger partial charge on any atom is -0.352 e. The highest BCUT2D eigenvalue weighted by atomic mass is 35.5. The van der Waals surface area contributed by atoms with Crippen LogP contribution in [-0.2, 0) is 11.3 Å². The first-order valence-electron chi connectivity index (χ1n) is 10.9. The lowest BCUT2D eigenvalue weighted by molar-refractivity contribution is -0.126. The minimum absolute atomic E-state index is 0.106. The molecule has 0 aliphatic carbocycles. The number of nitrogens with zero attached hydrogens (tertiary/aromatic N) is 3. The first-order chi connectivity index (χ1) is 16.4. The van der Waals surface area contributed by atoms with Crippen LogP contribution in [0.25, 0.3) is 0 Å². The van der Waals surface area contributed by atoms with Crippen LogP contribution in [0.15, 0.2) is 48.5 Å². The molecule has 1 saturated heterocycles. The van der Waals surface area contributed by atoms with Crippen LogP contribution in [0.5, 0.6) is 0 Å². The number of carbonyl (C=O) groups is 3. The van der Waals surface area contributed by atoms with Crippen LogP contribution in [0.3, 0.4) is 0 Å². The average molecular weight is 498 g/mol. The Morgan fingerprint density at radius 1 is 1.09 bits per heavy atom. The summed E-state index contributed by atoms with van der Waals surface area (Å²) in [5, 5.41) is 14.3. The Bertz CT molecular complexity index is 1200. The molecule has 1 unspecified atom stereocenters. The number of aromatic nitrogens is 2. The first kappa shape index (κ1) is 23.8. The summed E-state index contributed by atoms with van der Waals surface area (Å²) in [5.74, 6) is -1.18. The smallest absolute Gasteiger partial charge is 0.286 e. The van der Waals surface area contributed by atoms with Crippen molar-refractivity contribution in [1.29, 1.82) is 0 Å². The maximum absolute atomic E-state index is 13.0. The van der Waals surface area contributed by atoms with Crippen molar-refractivity contribution < 1.29 is 14.4 Å². The molecule has 1 atom stereocenters. The maximum atomic E-state index is 13.0. The molecule has 2 aromatic carbocycles. The van der Waals surface area contributed by atoms with E-state index in [0.29, 0.717) is 36.6 Å². The van der Waals surface area contributed by atoms with Gasteiger partial charge in [0.15, 0.2) is 0 Å². The Morgan fingerprint density at radius 2 is 1.82 bits per heavy atom. The van der Waals surface area contributed by atoms with Crippen molar-refractivity contribution in [2.24, 2.45) is 5.92 Å². The molecule has 0 spiro atoms. The largest absolute Gasteiger partial charge is 0.352 e. The van der Waals surface area contributed by atoms with Crippen molar-refractivity contribution in [2.45, 2.75) is 26.3 Å². The van der Waals surface area contributed by atoms with Crippen molar-refractivity contribution in [3.63, 3.8) is 0 Å². The van der Waals surface area contributed by atoms with Crippen LogP contribution in [0.4, 0.5) is 5.69 Å². The van der Waals surface area contributed by atoms with Gasteiger partial charge in [0.1, 0.15) is 0 Å². The molecule has 1 aliphatic heterocycles. The van der Waals surface area contributed by atoms with Crippen LogP contribution in [0.1, 0.15) is 43.6 Å². The Labute approximate surface area is 206 Å². The summed E-state index contributed by atoms with van der Waals surface area (Å²) in [7, 11) is 0. The highest BCUT2D eigenvalue weighted by Crippen LogP contribution is 2.22. The molecule has 2 heterocycles. The number of likely N-dealkylation sites (tertiary alicyclic amines) is 1. The molecule has 176 valence electrons. The molecule has 34 heavy (non-hydrogen) atoms. The third-order valence-corrected chi connectivity index (χ3v) is 6.88. The molecule has 1 fully saturated rings. The van der Waals surface area contributed by atoms with Crippen molar-refractivity contribution in [2.75, 3.05) is 18.4 Å². The normalized spacial score (nSPS) is 15.6. The fourth-order valence-electron chi connectivity index (χ4n) is 3.70. The number of aryl methyl sites for hydroxylation is 1. The summed E-state index contributed by atoms with van der Waals surface area (Å²) in [5.41, 5.74) is 2.56. The molecule has 0 saturated carbocycles. The number of rotatable bonds is 6. The second-order valence-corrected chi connectivity index (χ2v) is 9.52. The quantitative estimate of drug-likeness (QED) is 0.537. The van der Waals surface area contributed by atoms with Gasteiger partial charge in [-0.25, -0.2) is 0 Å². The monoisotopic (exact) mass is 497 g/mol. The van der Waals surface area contributed by atoms with E-state index in [1.807, 2.05) is 37.3 Å². The maximum Gasteiger partial charge on any atom is 0.286 e. The van der Waals surface area contributed by atoms with Crippen LogP contribution in [0.2, 0.25) is 5.02 Å². The fraction of sp³-hybridized carbons (Fsp3) is 0.292. The molecule has 0 bridgehead atoms. The predicted molar refractivity (Wildman–Crippen MR) is 131 cm³/mol. The molecular weight excluding hydrogens is 474 g/mol. The van der Waals surface area contributed by atoms with Crippen molar-refractivity contribution >= 4 is 46.3 Å². The van der Waals surface area contributed by atoms with Crippen molar-refractivity contribution in [1.82, 2.24) is 20.4 Å². The Morgan fingerprint density at radius 3 is 2.59 bits per heavy atom. The van der Waals surface area contributed by atoms with Gasteiger partial charge in [-0.2, -0.15) is 0 Å². The lowest BCUT2D eigenvalue weighted by Gasteiger charge is -2.31. The molecule has 3 amide bonds. The molecule has 1 aliphatic rings. The van der Waals surface area contributed by atoms with Crippen LogP contribution < -0.4 is 10.6 Å². The first-order valence-corrected chi connectivity index (χ1v) is 12.1. The lowest BCUT2D eigenvalue weighted by Crippen LogP contribution is -2.45. The van der Waals surface area contributed by atoms with Gasteiger partial charge in [-0.1, -0.05) is 58.8 Å². The van der Waals surface area contributed by atoms with E-state index in [4.69, 9.17) is 11.6 Å². The van der Waals surface area contributed by atoms with E-state index < -0.39 is 5.91 Å². The molecule has 4 rings (SSSR count). The molecule has 8 nitrogen and oxygen atoms in total. The highest BCUT2D eigenvalue weighted by molar-refractivity contribution is 7.15. The van der Waals surface area contributed by atoms with Gasteiger partial charge < -0.3 is 15.5 Å². The summed E-state index contributed by atoms with van der Waals surface area (Å²) >= 11 is 7.10.